The highest BCUT2D eigenvalue weighted by atomic mass is 16.2. The Morgan fingerprint density at radius 1 is 1.00 bits per heavy atom. The summed E-state index contributed by atoms with van der Waals surface area (Å²) in [6, 6.07) is 1.79. The summed E-state index contributed by atoms with van der Waals surface area (Å²) in [5, 5.41) is 0. The second-order valence-electron chi connectivity index (χ2n) is 4.46. The van der Waals surface area contributed by atoms with Crippen LogP contribution in [0, 0.1) is 0 Å². The molecule has 0 saturated carbocycles. The van der Waals surface area contributed by atoms with Gasteiger partial charge in [0.1, 0.15) is 6.33 Å². The molecule has 1 fully saturated rings. The predicted molar refractivity (Wildman–Crippen MR) is 72.2 cm³/mol. The number of carbonyl (C=O) groups is 1. The summed E-state index contributed by atoms with van der Waals surface area (Å²) in [6.07, 6.45) is 7.95. The van der Waals surface area contributed by atoms with Crippen molar-refractivity contribution in [3.05, 3.63) is 42.7 Å². The molecule has 3 rings (SSSR count). The molecule has 0 N–H and O–H groups in total. The zero-order chi connectivity index (χ0) is 13.8. The van der Waals surface area contributed by atoms with Crippen LogP contribution in [-0.4, -0.2) is 56.9 Å². The molecule has 1 saturated heterocycles. The second kappa shape index (κ2) is 5.60. The van der Waals surface area contributed by atoms with Crippen LogP contribution in [0.4, 0.5) is 5.95 Å². The lowest BCUT2D eigenvalue weighted by atomic mass is 10.2. The monoisotopic (exact) mass is 270 g/mol. The highest BCUT2D eigenvalue weighted by molar-refractivity contribution is 5.93. The minimum absolute atomic E-state index is 0.0285. The smallest absolute Gasteiger partial charge is 0.257 e. The van der Waals surface area contributed by atoms with E-state index in [2.05, 4.69) is 24.8 Å². The summed E-state index contributed by atoms with van der Waals surface area (Å²) in [5.74, 6) is 0.682. The van der Waals surface area contributed by atoms with E-state index >= 15 is 0 Å². The standard InChI is InChI=1S/C13H14N6O/c20-12(11-8-14-10-15-9-11)18-4-6-19(7-5-18)13-16-2-1-3-17-13/h1-3,8-10H,4-7H2. The quantitative estimate of drug-likeness (QED) is 0.777. The van der Waals surface area contributed by atoms with Gasteiger partial charge in [0.05, 0.1) is 5.56 Å². The zero-order valence-electron chi connectivity index (χ0n) is 10.9. The van der Waals surface area contributed by atoms with Crippen molar-refractivity contribution in [3.63, 3.8) is 0 Å². The van der Waals surface area contributed by atoms with Crippen molar-refractivity contribution < 1.29 is 4.79 Å². The van der Waals surface area contributed by atoms with Gasteiger partial charge < -0.3 is 9.80 Å². The molecule has 3 heterocycles. The van der Waals surface area contributed by atoms with Crippen molar-refractivity contribution in [2.45, 2.75) is 0 Å². The topological polar surface area (TPSA) is 75.1 Å². The van der Waals surface area contributed by atoms with Crippen molar-refractivity contribution in [3.8, 4) is 0 Å². The lowest BCUT2D eigenvalue weighted by Gasteiger charge is -2.34. The Balaban J connectivity index is 1.63. The molecule has 1 aliphatic rings. The maximum Gasteiger partial charge on any atom is 0.257 e. The van der Waals surface area contributed by atoms with Gasteiger partial charge in [-0.1, -0.05) is 0 Å². The molecule has 0 bridgehead atoms. The molecule has 2 aromatic rings. The maximum atomic E-state index is 12.2. The van der Waals surface area contributed by atoms with Crippen molar-refractivity contribution >= 4 is 11.9 Å². The zero-order valence-corrected chi connectivity index (χ0v) is 10.9. The van der Waals surface area contributed by atoms with Crippen LogP contribution in [0.3, 0.4) is 0 Å². The number of amides is 1. The summed E-state index contributed by atoms with van der Waals surface area (Å²) in [6.45, 7) is 2.74. The van der Waals surface area contributed by atoms with E-state index in [-0.39, 0.29) is 5.91 Å². The third kappa shape index (κ3) is 2.56. The number of rotatable bonds is 2. The van der Waals surface area contributed by atoms with Crippen molar-refractivity contribution in [2.75, 3.05) is 31.1 Å². The minimum atomic E-state index is -0.0285. The number of anilines is 1. The molecular weight excluding hydrogens is 256 g/mol. The molecule has 7 heteroatoms. The van der Waals surface area contributed by atoms with Gasteiger partial charge in [-0.05, 0) is 6.07 Å². The Morgan fingerprint density at radius 3 is 2.30 bits per heavy atom. The van der Waals surface area contributed by atoms with E-state index in [4.69, 9.17) is 0 Å². The number of hydrogen-bond donors (Lipinski definition) is 0. The van der Waals surface area contributed by atoms with Crippen molar-refractivity contribution in [1.82, 2.24) is 24.8 Å². The molecule has 0 unspecified atom stereocenters. The van der Waals surface area contributed by atoms with Gasteiger partial charge in [0, 0.05) is 51.0 Å². The summed E-state index contributed by atoms with van der Waals surface area (Å²) in [4.78, 5) is 32.3. The van der Waals surface area contributed by atoms with E-state index in [1.807, 2.05) is 0 Å². The molecular formula is C13H14N6O. The minimum Gasteiger partial charge on any atom is -0.337 e. The fraction of sp³-hybridized carbons (Fsp3) is 0.308. The van der Waals surface area contributed by atoms with Gasteiger partial charge in [0.25, 0.3) is 5.91 Å². The molecule has 1 aliphatic heterocycles. The van der Waals surface area contributed by atoms with E-state index < -0.39 is 0 Å². The Labute approximate surface area is 116 Å². The van der Waals surface area contributed by atoms with Crippen molar-refractivity contribution in [1.29, 1.82) is 0 Å². The van der Waals surface area contributed by atoms with Crippen molar-refractivity contribution in [2.24, 2.45) is 0 Å². The highest BCUT2D eigenvalue weighted by Gasteiger charge is 2.23. The van der Waals surface area contributed by atoms with E-state index in [9.17, 15) is 4.79 Å². The fourth-order valence-electron chi connectivity index (χ4n) is 2.16. The Kier molecular flexibility index (Phi) is 3.49. The third-order valence-corrected chi connectivity index (χ3v) is 3.21. The summed E-state index contributed by atoms with van der Waals surface area (Å²) in [5.41, 5.74) is 0.525. The van der Waals surface area contributed by atoms with Gasteiger partial charge in [0.15, 0.2) is 0 Å². The molecule has 20 heavy (non-hydrogen) atoms. The molecule has 0 aliphatic carbocycles. The Bertz CT molecular complexity index is 568. The SMILES string of the molecule is O=C(c1cncnc1)N1CCN(c2ncccn2)CC1. The third-order valence-electron chi connectivity index (χ3n) is 3.21. The Morgan fingerprint density at radius 2 is 1.65 bits per heavy atom. The molecule has 2 aromatic heterocycles. The molecule has 0 aromatic carbocycles. The lowest BCUT2D eigenvalue weighted by Crippen LogP contribution is -2.49. The van der Waals surface area contributed by atoms with Crippen LogP contribution in [0.25, 0.3) is 0 Å². The Hall–Kier alpha value is -2.57. The molecule has 0 atom stereocenters. The number of aromatic nitrogens is 4. The summed E-state index contributed by atoms with van der Waals surface area (Å²) < 4.78 is 0. The highest BCUT2D eigenvalue weighted by Crippen LogP contribution is 2.11. The number of nitrogens with zero attached hydrogens (tertiary/aromatic N) is 6. The lowest BCUT2D eigenvalue weighted by molar-refractivity contribution is 0.0745. The van der Waals surface area contributed by atoms with E-state index in [1.54, 1.807) is 35.8 Å². The van der Waals surface area contributed by atoms with Gasteiger partial charge in [-0.2, -0.15) is 0 Å². The number of hydrogen-bond acceptors (Lipinski definition) is 6. The fourth-order valence-corrected chi connectivity index (χ4v) is 2.16. The molecule has 102 valence electrons. The van der Waals surface area contributed by atoms with Gasteiger partial charge in [-0.3, -0.25) is 4.79 Å². The first kappa shape index (κ1) is 12.5. The molecule has 7 nitrogen and oxygen atoms in total. The van der Waals surface area contributed by atoms with Crippen LogP contribution in [0.2, 0.25) is 0 Å². The normalized spacial score (nSPS) is 15.2. The second-order valence-corrected chi connectivity index (χ2v) is 4.46. The first-order valence-corrected chi connectivity index (χ1v) is 6.41. The van der Waals surface area contributed by atoms with E-state index in [0.717, 1.165) is 13.1 Å². The van der Waals surface area contributed by atoms with Crippen LogP contribution in [0.15, 0.2) is 37.2 Å². The largest absolute Gasteiger partial charge is 0.337 e. The van der Waals surface area contributed by atoms with Gasteiger partial charge in [-0.15, -0.1) is 0 Å². The van der Waals surface area contributed by atoms with Crippen LogP contribution >= 0.6 is 0 Å². The van der Waals surface area contributed by atoms with E-state index in [1.165, 1.54) is 6.33 Å². The van der Waals surface area contributed by atoms with E-state index in [0.29, 0.717) is 24.6 Å². The van der Waals surface area contributed by atoms with Gasteiger partial charge in [0.2, 0.25) is 5.95 Å². The van der Waals surface area contributed by atoms with Gasteiger partial charge >= 0.3 is 0 Å². The van der Waals surface area contributed by atoms with Crippen LogP contribution < -0.4 is 4.90 Å². The average molecular weight is 270 g/mol. The van der Waals surface area contributed by atoms with Crippen LogP contribution in [-0.2, 0) is 0 Å². The molecule has 1 amide bonds. The first-order valence-electron chi connectivity index (χ1n) is 6.41. The molecule has 0 spiro atoms. The van der Waals surface area contributed by atoms with Crippen LogP contribution in [0.5, 0.6) is 0 Å². The van der Waals surface area contributed by atoms with Crippen LogP contribution in [0.1, 0.15) is 10.4 Å². The van der Waals surface area contributed by atoms with Gasteiger partial charge in [-0.25, -0.2) is 19.9 Å². The maximum absolute atomic E-state index is 12.2. The predicted octanol–water partition coefficient (Wildman–Crippen LogP) is 0.229. The number of piperazine rings is 1. The number of carbonyl (C=O) groups excluding carboxylic acids is 1. The first-order chi connectivity index (χ1) is 9.84. The summed E-state index contributed by atoms with van der Waals surface area (Å²) in [7, 11) is 0. The average Bonchev–Trinajstić information content (AvgIpc) is 2.56. The summed E-state index contributed by atoms with van der Waals surface area (Å²) >= 11 is 0. The molecule has 0 radical (unpaired) electrons.